The molecule has 184 valence electrons. The van der Waals surface area contributed by atoms with Crippen LogP contribution in [0, 0.1) is 11.8 Å². The Labute approximate surface area is 210 Å². The molecule has 0 bridgehead atoms. The van der Waals surface area contributed by atoms with Gasteiger partial charge in [0.2, 0.25) is 5.91 Å². The fraction of sp³-hybridized carbons (Fsp3) is 0.357. The number of benzene rings is 1. The monoisotopic (exact) mass is 481 g/mol. The number of nitrogen functional groups attached to an aromatic ring is 1. The number of nitrogens with zero attached hydrogens (tertiary/aromatic N) is 5. The van der Waals surface area contributed by atoms with Gasteiger partial charge in [0.15, 0.2) is 0 Å². The summed E-state index contributed by atoms with van der Waals surface area (Å²) in [6.07, 6.45) is 9.73. The molecular weight excluding hydrogens is 450 g/mol. The van der Waals surface area contributed by atoms with Crippen LogP contribution in [0.15, 0.2) is 48.9 Å². The second-order valence-electron chi connectivity index (χ2n) is 10.2. The van der Waals surface area contributed by atoms with Gasteiger partial charge in [-0.2, -0.15) is 5.10 Å². The van der Waals surface area contributed by atoms with Crippen LogP contribution in [0.3, 0.4) is 0 Å². The molecule has 1 amide bonds. The Kier molecular flexibility index (Phi) is 5.59. The van der Waals surface area contributed by atoms with Crippen LogP contribution < -0.4 is 16.0 Å². The number of aromatic nitrogens is 4. The molecule has 1 saturated heterocycles. The highest BCUT2D eigenvalue weighted by atomic mass is 16.2. The summed E-state index contributed by atoms with van der Waals surface area (Å²) in [7, 11) is 1.85. The van der Waals surface area contributed by atoms with Crippen molar-refractivity contribution in [3.05, 3.63) is 48.9 Å². The van der Waals surface area contributed by atoms with Crippen molar-refractivity contribution in [2.45, 2.75) is 32.6 Å². The number of nitrogens with two attached hydrogens (primary N) is 1. The summed E-state index contributed by atoms with van der Waals surface area (Å²) in [5.41, 5.74) is 11.3. The summed E-state index contributed by atoms with van der Waals surface area (Å²) in [5.74, 6) is 1.92. The SMILES string of the molecule is CC1CCN(c2ncccc2-c2cc(N)c3cnc(-c4nn(C)cc4NC(=O)C4CC4)cc3c2)CC1. The number of hydrogen-bond donors (Lipinski definition) is 2. The summed E-state index contributed by atoms with van der Waals surface area (Å²) in [5, 5.41) is 9.49. The van der Waals surface area contributed by atoms with E-state index in [2.05, 4.69) is 39.4 Å². The summed E-state index contributed by atoms with van der Waals surface area (Å²) < 4.78 is 1.70. The average molecular weight is 482 g/mol. The first-order valence-corrected chi connectivity index (χ1v) is 12.7. The third-order valence-corrected chi connectivity index (χ3v) is 7.33. The van der Waals surface area contributed by atoms with Gasteiger partial charge in [0.05, 0.1) is 11.4 Å². The zero-order chi connectivity index (χ0) is 24.8. The number of rotatable bonds is 5. The maximum atomic E-state index is 12.4. The van der Waals surface area contributed by atoms with E-state index in [1.54, 1.807) is 10.9 Å². The van der Waals surface area contributed by atoms with E-state index in [0.29, 0.717) is 22.8 Å². The van der Waals surface area contributed by atoms with Gasteiger partial charge < -0.3 is 16.0 Å². The third-order valence-electron chi connectivity index (χ3n) is 7.33. The molecule has 0 unspecified atom stereocenters. The highest BCUT2D eigenvalue weighted by Crippen LogP contribution is 2.37. The van der Waals surface area contributed by atoms with Crippen LogP contribution in [0.4, 0.5) is 17.2 Å². The van der Waals surface area contributed by atoms with Gasteiger partial charge in [-0.05, 0) is 72.9 Å². The molecule has 3 aromatic heterocycles. The first kappa shape index (κ1) is 22.5. The predicted octanol–water partition coefficient (Wildman–Crippen LogP) is 4.86. The van der Waals surface area contributed by atoms with Crippen molar-refractivity contribution in [3.8, 4) is 22.5 Å². The van der Waals surface area contributed by atoms with Crippen LogP contribution in [-0.2, 0) is 11.8 Å². The van der Waals surface area contributed by atoms with E-state index in [1.165, 1.54) is 12.8 Å². The number of aryl methyl sites for hydroxylation is 1. The summed E-state index contributed by atoms with van der Waals surface area (Å²) in [6.45, 7) is 4.34. The second-order valence-corrected chi connectivity index (χ2v) is 10.2. The van der Waals surface area contributed by atoms with Crippen molar-refractivity contribution in [2.24, 2.45) is 18.9 Å². The van der Waals surface area contributed by atoms with Gasteiger partial charge in [0.1, 0.15) is 11.5 Å². The number of hydrogen-bond acceptors (Lipinski definition) is 6. The van der Waals surface area contributed by atoms with Crippen LogP contribution in [0.2, 0.25) is 0 Å². The Balaban J connectivity index is 1.39. The Morgan fingerprint density at radius 2 is 1.92 bits per heavy atom. The maximum Gasteiger partial charge on any atom is 0.227 e. The Morgan fingerprint density at radius 1 is 1.11 bits per heavy atom. The van der Waals surface area contributed by atoms with Crippen molar-refractivity contribution in [3.63, 3.8) is 0 Å². The molecule has 2 aliphatic rings. The zero-order valence-corrected chi connectivity index (χ0v) is 20.7. The van der Waals surface area contributed by atoms with E-state index < -0.39 is 0 Å². The van der Waals surface area contributed by atoms with Crippen molar-refractivity contribution in [1.82, 2.24) is 19.7 Å². The van der Waals surface area contributed by atoms with Crippen LogP contribution in [0.25, 0.3) is 33.3 Å². The average Bonchev–Trinajstić information content (AvgIpc) is 3.67. The fourth-order valence-corrected chi connectivity index (χ4v) is 5.02. The van der Waals surface area contributed by atoms with Crippen LogP contribution >= 0.6 is 0 Å². The van der Waals surface area contributed by atoms with E-state index in [0.717, 1.165) is 59.6 Å². The van der Waals surface area contributed by atoms with Crippen molar-refractivity contribution < 1.29 is 4.79 Å². The molecule has 1 aliphatic heterocycles. The Morgan fingerprint density at radius 3 is 2.69 bits per heavy atom. The fourth-order valence-electron chi connectivity index (χ4n) is 5.02. The molecule has 1 aliphatic carbocycles. The molecule has 36 heavy (non-hydrogen) atoms. The van der Waals surface area contributed by atoms with Gasteiger partial charge >= 0.3 is 0 Å². The molecule has 4 heterocycles. The maximum absolute atomic E-state index is 12.4. The summed E-state index contributed by atoms with van der Waals surface area (Å²) in [6, 6.07) is 10.3. The van der Waals surface area contributed by atoms with Crippen molar-refractivity contribution in [1.29, 1.82) is 0 Å². The van der Waals surface area contributed by atoms with E-state index in [-0.39, 0.29) is 11.8 Å². The van der Waals surface area contributed by atoms with Crippen LogP contribution in [0.5, 0.6) is 0 Å². The first-order chi connectivity index (χ1) is 17.5. The van der Waals surface area contributed by atoms with E-state index in [9.17, 15) is 4.79 Å². The normalized spacial score (nSPS) is 16.4. The molecule has 8 nitrogen and oxygen atoms in total. The van der Waals surface area contributed by atoms with E-state index in [1.807, 2.05) is 37.6 Å². The second kappa shape index (κ2) is 8.93. The lowest BCUT2D eigenvalue weighted by Gasteiger charge is -2.32. The number of amides is 1. The number of fused-ring (bicyclic) bond motifs is 1. The lowest BCUT2D eigenvalue weighted by molar-refractivity contribution is -0.117. The highest BCUT2D eigenvalue weighted by molar-refractivity contribution is 6.00. The summed E-state index contributed by atoms with van der Waals surface area (Å²) >= 11 is 0. The number of nitrogens with one attached hydrogen (secondary N) is 1. The molecule has 6 rings (SSSR count). The highest BCUT2D eigenvalue weighted by Gasteiger charge is 2.30. The predicted molar refractivity (Wildman–Crippen MR) is 144 cm³/mol. The minimum atomic E-state index is 0.0489. The lowest BCUT2D eigenvalue weighted by atomic mass is 9.97. The first-order valence-electron chi connectivity index (χ1n) is 12.7. The van der Waals surface area contributed by atoms with E-state index >= 15 is 0 Å². The number of carbonyl (C=O) groups is 1. The topological polar surface area (TPSA) is 102 Å². The van der Waals surface area contributed by atoms with Gasteiger partial charge in [-0.15, -0.1) is 0 Å². The molecule has 0 spiro atoms. The van der Waals surface area contributed by atoms with Crippen molar-refractivity contribution in [2.75, 3.05) is 29.0 Å². The number of anilines is 3. The number of pyridine rings is 2. The van der Waals surface area contributed by atoms with E-state index in [4.69, 9.17) is 10.7 Å². The van der Waals surface area contributed by atoms with Gasteiger partial charge in [-0.25, -0.2) is 4.98 Å². The molecule has 0 atom stereocenters. The summed E-state index contributed by atoms with van der Waals surface area (Å²) in [4.78, 5) is 24.2. The Hall–Kier alpha value is -3.94. The van der Waals surface area contributed by atoms with Crippen LogP contribution in [-0.4, -0.2) is 38.7 Å². The molecule has 4 aromatic rings. The molecule has 2 fully saturated rings. The number of piperidine rings is 1. The smallest absolute Gasteiger partial charge is 0.227 e. The van der Waals surface area contributed by atoms with Gasteiger partial charge in [-0.3, -0.25) is 14.5 Å². The largest absolute Gasteiger partial charge is 0.398 e. The van der Waals surface area contributed by atoms with Gasteiger partial charge in [-0.1, -0.05) is 6.92 Å². The molecule has 3 N–H and O–H groups in total. The molecule has 0 radical (unpaired) electrons. The van der Waals surface area contributed by atoms with Gasteiger partial charge in [0.25, 0.3) is 0 Å². The minimum absolute atomic E-state index is 0.0489. The quantitative estimate of drug-likeness (QED) is 0.395. The Bertz CT molecular complexity index is 1450. The number of carbonyl (C=O) groups excluding carboxylic acids is 1. The van der Waals surface area contributed by atoms with Crippen LogP contribution in [0.1, 0.15) is 32.6 Å². The third kappa shape index (κ3) is 4.27. The lowest BCUT2D eigenvalue weighted by Crippen LogP contribution is -2.33. The standard InChI is InChI=1S/C28H31N7O/c1-17-7-10-35(11-8-17)27-21(4-3-9-30-27)19-12-20-14-24(31-15-22(20)23(29)13-19)26-25(16-34(2)33-26)32-28(36)18-5-6-18/h3-4,9,12-18H,5-8,10-11,29H2,1-2H3,(H,32,36). The zero-order valence-electron chi connectivity index (χ0n) is 20.7. The van der Waals surface area contributed by atoms with Gasteiger partial charge in [0, 0.05) is 61.3 Å². The minimum Gasteiger partial charge on any atom is -0.398 e. The molecule has 8 heteroatoms. The molecular formula is C28H31N7O. The molecule has 1 saturated carbocycles. The molecule has 1 aromatic carbocycles. The van der Waals surface area contributed by atoms with Crippen molar-refractivity contribution >= 4 is 33.9 Å².